The second-order valence-electron chi connectivity index (χ2n) is 3.64. The van der Waals surface area contributed by atoms with Gasteiger partial charge in [-0.05, 0) is 7.05 Å². The van der Waals surface area contributed by atoms with E-state index in [0.29, 0.717) is 0 Å². The number of carbonyl (C=O) groups is 1. The zero-order valence-electron chi connectivity index (χ0n) is 7.49. The number of hydrogen-bond donors (Lipinski definition) is 0. The van der Waals surface area contributed by atoms with Crippen molar-refractivity contribution in [1.82, 2.24) is 9.80 Å². The molecule has 0 aromatic rings. The molecule has 2 rings (SSSR count). The number of rotatable bonds is 0. The number of amides is 1. The average molecular weight is 170 g/mol. The van der Waals surface area contributed by atoms with Crippen molar-refractivity contribution >= 4 is 5.91 Å². The van der Waals surface area contributed by atoms with Crippen LogP contribution in [-0.2, 0) is 9.53 Å². The van der Waals surface area contributed by atoms with Gasteiger partial charge in [0.1, 0.15) is 6.61 Å². The minimum Gasteiger partial charge on any atom is -0.365 e. The molecule has 2 saturated heterocycles. The summed E-state index contributed by atoms with van der Waals surface area (Å²) >= 11 is 0. The van der Waals surface area contributed by atoms with Crippen LogP contribution in [0.15, 0.2) is 0 Å². The van der Waals surface area contributed by atoms with Crippen molar-refractivity contribution in [2.75, 3.05) is 33.8 Å². The smallest absolute Gasteiger partial charge is 0.248 e. The van der Waals surface area contributed by atoms with Gasteiger partial charge in [-0.1, -0.05) is 0 Å². The number of carbonyl (C=O) groups excluding carboxylic acids is 1. The zero-order chi connectivity index (χ0) is 8.72. The third-order valence-corrected chi connectivity index (χ3v) is 2.73. The molecule has 4 nitrogen and oxygen atoms in total. The summed E-state index contributed by atoms with van der Waals surface area (Å²) in [5.74, 6) is 0.103. The Morgan fingerprint density at radius 3 is 2.92 bits per heavy atom. The molecule has 0 spiro atoms. The monoisotopic (exact) mass is 170 g/mol. The number of likely N-dealkylation sites (tertiary alicyclic amines) is 1. The first-order valence-electron chi connectivity index (χ1n) is 4.24. The molecule has 0 bridgehead atoms. The Hall–Kier alpha value is -0.610. The maximum absolute atomic E-state index is 11.2. The molecule has 2 fully saturated rings. The average Bonchev–Trinajstić information content (AvgIpc) is 2.39. The summed E-state index contributed by atoms with van der Waals surface area (Å²) in [5, 5.41) is 0. The molecular weight excluding hydrogens is 156 g/mol. The standard InChI is InChI=1S/C8H14N2O2/c1-9-3-6-7(4-9)12-5-8(11)10(6)2/h6-7H,3-5H2,1-2H3/t6-,7+/m1/s1. The summed E-state index contributed by atoms with van der Waals surface area (Å²) in [6.45, 7) is 2.14. The molecule has 0 aliphatic carbocycles. The number of ether oxygens (including phenoxy) is 1. The van der Waals surface area contributed by atoms with Crippen molar-refractivity contribution < 1.29 is 9.53 Å². The van der Waals surface area contributed by atoms with Crippen LogP contribution >= 0.6 is 0 Å². The van der Waals surface area contributed by atoms with E-state index in [0.717, 1.165) is 13.1 Å². The first kappa shape index (κ1) is 8.01. The van der Waals surface area contributed by atoms with Gasteiger partial charge in [0, 0.05) is 20.1 Å². The molecule has 2 atom stereocenters. The quantitative estimate of drug-likeness (QED) is 0.475. The number of nitrogens with zero attached hydrogens (tertiary/aromatic N) is 2. The molecule has 0 unspecified atom stereocenters. The van der Waals surface area contributed by atoms with Gasteiger partial charge < -0.3 is 14.5 Å². The number of likely N-dealkylation sites (N-methyl/N-ethyl adjacent to an activating group) is 2. The molecule has 2 aliphatic rings. The third kappa shape index (κ3) is 1.11. The lowest BCUT2D eigenvalue weighted by Gasteiger charge is -2.33. The van der Waals surface area contributed by atoms with E-state index in [4.69, 9.17) is 4.74 Å². The van der Waals surface area contributed by atoms with E-state index in [9.17, 15) is 4.79 Å². The van der Waals surface area contributed by atoms with Crippen molar-refractivity contribution in [2.45, 2.75) is 12.1 Å². The zero-order valence-corrected chi connectivity index (χ0v) is 7.49. The molecule has 0 aromatic carbocycles. The van der Waals surface area contributed by atoms with E-state index >= 15 is 0 Å². The van der Waals surface area contributed by atoms with Crippen LogP contribution in [0.3, 0.4) is 0 Å². The van der Waals surface area contributed by atoms with Gasteiger partial charge in [-0.2, -0.15) is 0 Å². The van der Waals surface area contributed by atoms with Crippen molar-refractivity contribution in [2.24, 2.45) is 0 Å². The van der Waals surface area contributed by atoms with Gasteiger partial charge in [0.25, 0.3) is 0 Å². The highest BCUT2D eigenvalue weighted by atomic mass is 16.5. The Balaban J connectivity index is 2.11. The fourth-order valence-corrected chi connectivity index (χ4v) is 1.94. The summed E-state index contributed by atoms with van der Waals surface area (Å²) < 4.78 is 5.42. The van der Waals surface area contributed by atoms with Gasteiger partial charge in [0.05, 0.1) is 12.1 Å². The van der Waals surface area contributed by atoms with E-state index in [1.54, 1.807) is 0 Å². The lowest BCUT2D eigenvalue weighted by atomic mass is 10.1. The van der Waals surface area contributed by atoms with Crippen molar-refractivity contribution in [3.63, 3.8) is 0 Å². The summed E-state index contributed by atoms with van der Waals surface area (Å²) in [5.41, 5.74) is 0. The van der Waals surface area contributed by atoms with E-state index in [-0.39, 0.29) is 24.7 Å². The van der Waals surface area contributed by atoms with Gasteiger partial charge in [-0.15, -0.1) is 0 Å². The van der Waals surface area contributed by atoms with Crippen LogP contribution < -0.4 is 0 Å². The van der Waals surface area contributed by atoms with Crippen LogP contribution in [0.5, 0.6) is 0 Å². The predicted octanol–water partition coefficient (Wildman–Crippen LogP) is -0.842. The van der Waals surface area contributed by atoms with Crippen LogP contribution in [0, 0.1) is 0 Å². The minimum atomic E-state index is 0.103. The highest BCUT2D eigenvalue weighted by molar-refractivity contribution is 5.78. The molecule has 0 N–H and O–H groups in total. The normalized spacial score (nSPS) is 37.2. The second kappa shape index (κ2) is 2.71. The topological polar surface area (TPSA) is 32.8 Å². The number of hydrogen-bond acceptors (Lipinski definition) is 3. The first-order chi connectivity index (χ1) is 5.68. The van der Waals surface area contributed by atoms with Crippen LogP contribution in [-0.4, -0.2) is 61.6 Å². The highest BCUT2D eigenvalue weighted by Gasteiger charge is 2.39. The van der Waals surface area contributed by atoms with Crippen LogP contribution in [0.25, 0.3) is 0 Å². The van der Waals surface area contributed by atoms with Crippen molar-refractivity contribution in [1.29, 1.82) is 0 Å². The van der Waals surface area contributed by atoms with Gasteiger partial charge in [0.15, 0.2) is 0 Å². The lowest BCUT2D eigenvalue weighted by Crippen LogP contribution is -2.51. The fraction of sp³-hybridized carbons (Fsp3) is 0.875. The summed E-state index contributed by atoms with van der Waals surface area (Å²) in [7, 11) is 3.92. The second-order valence-corrected chi connectivity index (χ2v) is 3.64. The molecule has 0 saturated carbocycles. The summed E-state index contributed by atoms with van der Waals surface area (Å²) in [6, 6.07) is 0.274. The highest BCUT2D eigenvalue weighted by Crippen LogP contribution is 2.20. The minimum absolute atomic E-state index is 0.103. The van der Waals surface area contributed by atoms with Crippen molar-refractivity contribution in [3.8, 4) is 0 Å². The molecule has 4 heteroatoms. The van der Waals surface area contributed by atoms with Crippen molar-refractivity contribution in [3.05, 3.63) is 0 Å². The largest absolute Gasteiger partial charge is 0.365 e. The van der Waals surface area contributed by atoms with Gasteiger partial charge in [-0.25, -0.2) is 0 Å². The molecule has 0 radical (unpaired) electrons. The van der Waals surface area contributed by atoms with E-state index in [2.05, 4.69) is 11.9 Å². The van der Waals surface area contributed by atoms with Crippen LogP contribution in [0.4, 0.5) is 0 Å². The Bertz CT molecular complexity index is 207. The van der Waals surface area contributed by atoms with E-state index in [1.165, 1.54) is 0 Å². The molecule has 2 aliphatic heterocycles. The molecule has 12 heavy (non-hydrogen) atoms. The Labute approximate surface area is 72.1 Å². The lowest BCUT2D eigenvalue weighted by molar-refractivity contribution is -0.150. The third-order valence-electron chi connectivity index (χ3n) is 2.73. The molecular formula is C8H14N2O2. The predicted molar refractivity (Wildman–Crippen MR) is 43.8 cm³/mol. The van der Waals surface area contributed by atoms with E-state index < -0.39 is 0 Å². The maximum atomic E-state index is 11.2. The first-order valence-corrected chi connectivity index (χ1v) is 4.24. The Kier molecular flexibility index (Phi) is 1.81. The Morgan fingerprint density at radius 2 is 2.17 bits per heavy atom. The number of morpholine rings is 1. The fourth-order valence-electron chi connectivity index (χ4n) is 1.94. The van der Waals surface area contributed by atoms with Crippen LogP contribution in [0.1, 0.15) is 0 Å². The molecule has 2 heterocycles. The SMILES string of the molecule is CN1C[C@@H]2OCC(=O)N(C)[C@@H]2C1. The van der Waals surface area contributed by atoms with Gasteiger partial charge in [0.2, 0.25) is 5.91 Å². The van der Waals surface area contributed by atoms with Crippen LogP contribution in [0.2, 0.25) is 0 Å². The Morgan fingerprint density at radius 1 is 1.42 bits per heavy atom. The molecule has 1 amide bonds. The summed E-state index contributed by atoms with van der Waals surface area (Å²) in [4.78, 5) is 15.2. The number of fused-ring (bicyclic) bond motifs is 1. The molecule has 68 valence electrons. The van der Waals surface area contributed by atoms with Gasteiger partial charge >= 0.3 is 0 Å². The molecule has 0 aromatic heterocycles. The van der Waals surface area contributed by atoms with Gasteiger partial charge in [-0.3, -0.25) is 4.79 Å². The van der Waals surface area contributed by atoms with E-state index in [1.807, 2.05) is 11.9 Å². The summed E-state index contributed by atoms with van der Waals surface area (Å²) in [6.07, 6.45) is 0.234. The maximum Gasteiger partial charge on any atom is 0.248 e.